The van der Waals surface area contributed by atoms with Crippen LogP contribution in [0.3, 0.4) is 0 Å². The maximum atomic E-state index is 13.9. The number of oxazole rings is 1. The van der Waals surface area contributed by atoms with E-state index < -0.39 is 15.8 Å². The van der Waals surface area contributed by atoms with Crippen molar-refractivity contribution in [2.75, 3.05) is 31.1 Å². The van der Waals surface area contributed by atoms with E-state index in [1.54, 1.807) is 4.90 Å². The SMILES string of the molecule is N#Cc1nc(-c2cccs2)oc1N1CCN(S(=O)(=O)c2ccccc2F)CC1. The fourth-order valence-electron chi connectivity index (χ4n) is 3.03. The van der Waals surface area contributed by atoms with Crippen LogP contribution >= 0.6 is 11.3 Å². The molecule has 28 heavy (non-hydrogen) atoms. The third kappa shape index (κ3) is 3.28. The smallest absolute Gasteiger partial charge is 0.246 e. The summed E-state index contributed by atoms with van der Waals surface area (Å²) >= 11 is 1.45. The number of hydrogen-bond acceptors (Lipinski definition) is 7. The second-order valence-electron chi connectivity index (χ2n) is 6.08. The van der Waals surface area contributed by atoms with Gasteiger partial charge in [-0.1, -0.05) is 18.2 Å². The molecule has 0 aliphatic carbocycles. The molecular formula is C18H15FN4O3S2. The molecular weight excluding hydrogens is 403 g/mol. The van der Waals surface area contributed by atoms with E-state index in [0.29, 0.717) is 24.9 Å². The molecule has 0 radical (unpaired) electrons. The van der Waals surface area contributed by atoms with Crippen LogP contribution in [0.1, 0.15) is 5.69 Å². The Morgan fingerprint density at radius 3 is 2.54 bits per heavy atom. The van der Waals surface area contributed by atoms with E-state index in [2.05, 4.69) is 4.98 Å². The lowest BCUT2D eigenvalue weighted by Crippen LogP contribution is -2.48. The van der Waals surface area contributed by atoms with Gasteiger partial charge in [0.1, 0.15) is 16.8 Å². The third-order valence-corrected chi connectivity index (χ3v) is 7.22. The summed E-state index contributed by atoms with van der Waals surface area (Å²) in [7, 11) is -3.92. The predicted octanol–water partition coefficient (Wildman–Crippen LogP) is 2.92. The summed E-state index contributed by atoms with van der Waals surface area (Å²) in [5.74, 6) is -0.0793. The zero-order valence-corrected chi connectivity index (χ0v) is 16.2. The van der Waals surface area contributed by atoms with Crippen LogP contribution in [0.2, 0.25) is 0 Å². The van der Waals surface area contributed by atoms with Crippen molar-refractivity contribution in [2.45, 2.75) is 4.90 Å². The highest BCUT2D eigenvalue weighted by molar-refractivity contribution is 7.89. The average molecular weight is 418 g/mol. The summed E-state index contributed by atoms with van der Waals surface area (Å²) in [4.78, 5) is 6.50. The van der Waals surface area contributed by atoms with Gasteiger partial charge in [0.2, 0.25) is 27.5 Å². The Morgan fingerprint density at radius 1 is 1.14 bits per heavy atom. The van der Waals surface area contributed by atoms with Crippen molar-refractivity contribution in [3.8, 4) is 16.8 Å². The summed E-state index contributed by atoms with van der Waals surface area (Å²) in [6.45, 7) is 0.913. The lowest BCUT2D eigenvalue weighted by molar-refractivity contribution is 0.372. The molecule has 0 saturated carbocycles. The molecule has 1 fully saturated rings. The van der Waals surface area contributed by atoms with Crippen molar-refractivity contribution in [1.82, 2.24) is 9.29 Å². The topological polar surface area (TPSA) is 90.4 Å². The van der Waals surface area contributed by atoms with Gasteiger partial charge in [0.25, 0.3) is 0 Å². The summed E-state index contributed by atoms with van der Waals surface area (Å²) < 4.78 is 46.4. The van der Waals surface area contributed by atoms with Gasteiger partial charge in [0, 0.05) is 26.2 Å². The van der Waals surface area contributed by atoms with Gasteiger partial charge in [-0.25, -0.2) is 12.8 Å². The molecule has 0 N–H and O–H groups in total. The van der Waals surface area contributed by atoms with E-state index in [0.717, 1.165) is 10.9 Å². The number of piperazine rings is 1. The van der Waals surface area contributed by atoms with Gasteiger partial charge in [0.05, 0.1) is 4.88 Å². The number of halogens is 1. The molecule has 10 heteroatoms. The monoisotopic (exact) mass is 418 g/mol. The van der Waals surface area contributed by atoms with Crippen molar-refractivity contribution < 1.29 is 17.2 Å². The molecule has 144 valence electrons. The first-order chi connectivity index (χ1) is 13.5. The van der Waals surface area contributed by atoms with Crippen LogP contribution in [0.25, 0.3) is 10.8 Å². The van der Waals surface area contributed by atoms with Crippen molar-refractivity contribution in [3.63, 3.8) is 0 Å². The van der Waals surface area contributed by atoms with Crippen LogP contribution in [0, 0.1) is 17.1 Å². The zero-order chi connectivity index (χ0) is 19.7. The molecule has 7 nitrogen and oxygen atoms in total. The number of aromatic nitrogens is 1. The molecule has 4 rings (SSSR count). The van der Waals surface area contributed by atoms with Gasteiger partial charge in [-0.2, -0.15) is 14.6 Å². The number of hydrogen-bond donors (Lipinski definition) is 0. The molecule has 0 unspecified atom stereocenters. The third-order valence-electron chi connectivity index (χ3n) is 4.43. The number of sulfonamides is 1. The van der Waals surface area contributed by atoms with E-state index in [1.807, 2.05) is 23.6 Å². The molecule has 1 aliphatic rings. The van der Waals surface area contributed by atoms with Gasteiger partial charge >= 0.3 is 0 Å². The van der Waals surface area contributed by atoms with Crippen LogP contribution in [0.15, 0.2) is 51.1 Å². The fraction of sp³-hybridized carbons (Fsp3) is 0.222. The van der Waals surface area contributed by atoms with E-state index in [1.165, 1.54) is 33.8 Å². The molecule has 0 bridgehead atoms. The quantitative estimate of drug-likeness (QED) is 0.647. The van der Waals surface area contributed by atoms with Crippen LogP contribution in [-0.2, 0) is 10.0 Å². The largest absolute Gasteiger partial charge is 0.418 e. The van der Waals surface area contributed by atoms with E-state index >= 15 is 0 Å². The number of anilines is 1. The van der Waals surface area contributed by atoms with E-state index in [4.69, 9.17) is 4.42 Å². The second kappa shape index (κ2) is 7.35. The molecule has 0 atom stereocenters. The highest BCUT2D eigenvalue weighted by Crippen LogP contribution is 2.31. The summed E-state index contributed by atoms with van der Waals surface area (Å²) in [6.07, 6.45) is 0. The van der Waals surface area contributed by atoms with Gasteiger partial charge in [0.15, 0.2) is 0 Å². The van der Waals surface area contributed by atoms with Gasteiger partial charge < -0.3 is 9.32 Å². The second-order valence-corrected chi connectivity index (χ2v) is 8.94. The Labute approximate surface area is 165 Å². The average Bonchev–Trinajstić information content (AvgIpc) is 3.38. The predicted molar refractivity (Wildman–Crippen MR) is 102 cm³/mol. The van der Waals surface area contributed by atoms with E-state index in [-0.39, 0.29) is 23.7 Å². The van der Waals surface area contributed by atoms with E-state index in [9.17, 15) is 18.1 Å². The molecule has 3 aromatic rings. The highest BCUT2D eigenvalue weighted by Gasteiger charge is 2.32. The fourth-order valence-corrected chi connectivity index (χ4v) is 5.17. The molecule has 0 spiro atoms. The summed E-state index contributed by atoms with van der Waals surface area (Å²) in [5.41, 5.74) is 0.161. The van der Waals surface area contributed by atoms with Crippen molar-refractivity contribution in [1.29, 1.82) is 5.26 Å². The number of rotatable bonds is 4. The Balaban J connectivity index is 1.54. The Hall–Kier alpha value is -2.74. The first-order valence-corrected chi connectivity index (χ1v) is 10.8. The summed E-state index contributed by atoms with van der Waals surface area (Å²) in [6, 6.07) is 11.1. The Kier molecular flexibility index (Phi) is 4.89. The van der Waals surface area contributed by atoms with Crippen molar-refractivity contribution in [3.05, 3.63) is 53.3 Å². The molecule has 1 aliphatic heterocycles. The molecule has 3 heterocycles. The minimum Gasteiger partial charge on any atom is -0.418 e. The van der Waals surface area contributed by atoms with Crippen LogP contribution in [0.5, 0.6) is 0 Å². The first kappa shape index (κ1) is 18.6. The standard InChI is InChI=1S/C18H15FN4O3S2/c19-13-4-1-2-6-16(13)28(24,25)23-9-7-22(8-10-23)18-14(12-20)21-17(26-18)15-5-3-11-27-15/h1-6,11H,7-10H2. The van der Waals surface area contributed by atoms with Gasteiger partial charge in [-0.3, -0.25) is 0 Å². The lowest BCUT2D eigenvalue weighted by Gasteiger charge is -2.33. The molecule has 2 aromatic heterocycles. The summed E-state index contributed by atoms with van der Waals surface area (Å²) in [5, 5.41) is 11.3. The Bertz CT molecular complexity index is 1130. The van der Waals surface area contributed by atoms with Crippen LogP contribution in [-0.4, -0.2) is 43.9 Å². The van der Waals surface area contributed by atoms with Crippen LogP contribution < -0.4 is 4.90 Å². The van der Waals surface area contributed by atoms with Crippen molar-refractivity contribution in [2.24, 2.45) is 0 Å². The molecule has 0 amide bonds. The minimum atomic E-state index is -3.92. The number of thiophene rings is 1. The Morgan fingerprint density at radius 2 is 1.89 bits per heavy atom. The van der Waals surface area contributed by atoms with Crippen molar-refractivity contribution >= 4 is 27.2 Å². The molecule has 1 saturated heterocycles. The van der Waals surface area contributed by atoms with Crippen LogP contribution in [0.4, 0.5) is 10.3 Å². The maximum absolute atomic E-state index is 13.9. The van der Waals surface area contributed by atoms with Gasteiger partial charge in [-0.05, 0) is 23.6 Å². The molecule has 1 aromatic carbocycles. The lowest BCUT2D eigenvalue weighted by atomic mass is 10.3. The first-order valence-electron chi connectivity index (χ1n) is 8.45. The number of nitriles is 1. The normalized spacial score (nSPS) is 15.5. The highest BCUT2D eigenvalue weighted by atomic mass is 32.2. The zero-order valence-electron chi connectivity index (χ0n) is 14.6. The minimum absolute atomic E-state index is 0.149. The number of nitrogens with zero attached hydrogens (tertiary/aromatic N) is 4. The number of benzene rings is 1. The van der Waals surface area contributed by atoms with Gasteiger partial charge in [-0.15, -0.1) is 11.3 Å². The maximum Gasteiger partial charge on any atom is 0.246 e.